The second kappa shape index (κ2) is 15.5. The minimum Gasteiger partial charge on any atom is -0.388 e. The SMILES string of the molecule is C[C@@H]1O[C@@H](OCCOCCOCCN2NC=C(CNC(=O)CCCc3ccc4ccc5cccc6ccc3c4c56)N2)[C@@H](O)[C@H](O)[C@@H]1O. The molecule has 12 nitrogen and oxygen atoms in total. The fourth-order valence-corrected chi connectivity index (χ4v) is 6.19. The molecule has 0 aliphatic carbocycles. The highest BCUT2D eigenvalue weighted by Crippen LogP contribution is 2.36. The number of hydrogen-bond acceptors (Lipinski definition) is 11. The summed E-state index contributed by atoms with van der Waals surface area (Å²) in [6.45, 7) is 4.20. The third-order valence-electron chi connectivity index (χ3n) is 8.77. The summed E-state index contributed by atoms with van der Waals surface area (Å²) >= 11 is 0. The zero-order valence-corrected chi connectivity index (χ0v) is 26.6. The number of amides is 1. The molecular weight excluding hydrogens is 604 g/mol. The van der Waals surface area contributed by atoms with Crippen LogP contribution < -0.4 is 16.2 Å². The molecular formula is C35H44N4O8. The second-order valence-electron chi connectivity index (χ2n) is 12.1. The third kappa shape index (κ3) is 7.94. The third-order valence-corrected chi connectivity index (χ3v) is 8.77. The van der Waals surface area contributed by atoms with E-state index >= 15 is 0 Å². The van der Waals surface area contributed by atoms with Crippen molar-refractivity contribution in [1.29, 1.82) is 0 Å². The number of aryl methyl sites for hydroxylation is 1. The molecule has 0 spiro atoms. The molecule has 1 fully saturated rings. The van der Waals surface area contributed by atoms with Crippen LogP contribution in [0.2, 0.25) is 0 Å². The molecule has 0 bridgehead atoms. The molecule has 0 aromatic heterocycles. The Morgan fingerprint density at radius 2 is 1.57 bits per heavy atom. The van der Waals surface area contributed by atoms with Crippen LogP contribution in [0.3, 0.4) is 0 Å². The van der Waals surface area contributed by atoms with E-state index in [9.17, 15) is 20.1 Å². The summed E-state index contributed by atoms with van der Waals surface area (Å²) in [4.78, 5) is 12.6. The van der Waals surface area contributed by atoms with Crippen molar-refractivity contribution >= 4 is 38.2 Å². The van der Waals surface area contributed by atoms with Gasteiger partial charge in [-0.25, -0.2) is 0 Å². The van der Waals surface area contributed by atoms with E-state index < -0.39 is 30.7 Å². The fourth-order valence-electron chi connectivity index (χ4n) is 6.19. The Morgan fingerprint density at radius 3 is 2.38 bits per heavy atom. The number of ether oxygens (including phenoxy) is 4. The molecule has 0 saturated carbocycles. The fraction of sp³-hybridized carbons (Fsp3) is 0.457. The Labute approximate surface area is 273 Å². The Morgan fingerprint density at radius 1 is 0.872 bits per heavy atom. The van der Waals surface area contributed by atoms with Crippen LogP contribution in [0.1, 0.15) is 25.3 Å². The summed E-state index contributed by atoms with van der Waals surface area (Å²) in [5, 5.41) is 42.0. The molecule has 6 N–H and O–H groups in total. The van der Waals surface area contributed by atoms with Crippen LogP contribution in [-0.4, -0.2) is 103 Å². The molecule has 252 valence electrons. The Hall–Kier alpha value is -3.59. The van der Waals surface area contributed by atoms with E-state index in [1.54, 1.807) is 12.0 Å². The van der Waals surface area contributed by atoms with Crippen molar-refractivity contribution in [3.63, 3.8) is 0 Å². The van der Waals surface area contributed by atoms with E-state index in [4.69, 9.17) is 18.9 Å². The van der Waals surface area contributed by atoms with Crippen LogP contribution in [0, 0.1) is 0 Å². The number of nitrogens with zero attached hydrogens (tertiary/aromatic N) is 1. The number of carbonyl (C=O) groups is 1. The Balaban J connectivity index is 0.812. The molecule has 5 atom stereocenters. The van der Waals surface area contributed by atoms with E-state index in [1.807, 2.05) is 6.20 Å². The monoisotopic (exact) mass is 648 g/mol. The highest BCUT2D eigenvalue weighted by Gasteiger charge is 2.42. The first-order chi connectivity index (χ1) is 22.9. The van der Waals surface area contributed by atoms with E-state index in [2.05, 4.69) is 70.8 Å². The first-order valence-corrected chi connectivity index (χ1v) is 16.3. The molecule has 4 aromatic rings. The maximum absolute atomic E-state index is 12.6. The minimum atomic E-state index is -1.33. The smallest absolute Gasteiger partial charge is 0.220 e. The lowest BCUT2D eigenvalue weighted by atomic mass is 9.90. The molecule has 6 rings (SSSR count). The molecule has 2 aliphatic rings. The van der Waals surface area contributed by atoms with Crippen molar-refractivity contribution in [2.24, 2.45) is 0 Å². The number of aliphatic hydroxyl groups is 3. The maximum Gasteiger partial charge on any atom is 0.220 e. The average molecular weight is 649 g/mol. The number of hydrazine groups is 2. The van der Waals surface area contributed by atoms with Crippen LogP contribution in [0.15, 0.2) is 66.5 Å². The summed E-state index contributed by atoms with van der Waals surface area (Å²) in [6.07, 6.45) is -1.59. The number of carbonyl (C=O) groups excluding carboxylic acids is 1. The van der Waals surface area contributed by atoms with Gasteiger partial charge in [0.1, 0.15) is 18.3 Å². The van der Waals surface area contributed by atoms with Crippen LogP contribution in [0.25, 0.3) is 32.3 Å². The zero-order chi connectivity index (χ0) is 32.8. The Kier molecular flexibility index (Phi) is 11.0. The molecule has 1 saturated heterocycles. The van der Waals surface area contributed by atoms with Gasteiger partial charge in [-0.15, -0.1) is 5.12 Å². The van der Waals surface area contributed by atoms with Crippen molar-refractivity contribution < 1.29 is 39.1 Å². The molecule has 0 unspecified atom stereocenters. The largest absolute Gasteiger partial charge is 0.388 e. The topological polar surface area (TPSA) is 154 Å². The predicted molar refractivity (Wildman–Crippen MR) is 177 cm³/mol. The zero-order valence-electron chi connectivity index (χ0n) is 26.6. The summed E-state index contributed by atoms with van der Waals surface area (Å²) in [5.41, 5.74) is 8.45. The number of rotatable bonds is 16. The van der Waals surface area contributed by atoms with E-state index in [0.29, 0.717) is 39.3 Å². The van der Waals surface area contributed by atoms with Gasteiger partial charge in [-0.05, 0) is 57.6 Å². The lowest BCUT2D eigenvalue weighted by Crippen LogP contribution is -2.57. The van der Waals surface area contributed by atoms with Crippen molar-refractivity contribution in [2.45, 2.75) is 56.9 Å². The second-order valence-corrected chi connectivity index (χ2v) is 12.1. The van der Waals surface area contributed by atoms with E-state index in [1.165, 1.54) is 37.9 Å². The molecule has 0 radical (unpaired) electrons. The molecule has 1 amide bonds. The van der Waals surface area contributed by atoms with Gasteiger partial charge in [-0.3, -0.25) is 4.79 Å². The van der Waals surface area contributed by atoms with Crippen LogP contribution in [0.5, 0.6) is 0 Å². The van der Waals surface area contributed by atoms with Gasteiger partial charge in [-0.2, -0.15) is 0 Å². The first-order valence-electron chi connectivity index (χ1n) is 16.3. The van der Waals surface area contributed by atoms with Gasteiger partial charge in [0.25, 0.3) is 0 Å². The minimum absolute atomic E-state index is 0.0194. The highest BCUT2D eigenvalue weighted by molar-refractivity contribution is 6.23. The van der Waals surface area contributed by atoms with Gasteiger partial charge in [-0.1, -0.05) is 54.6 Å². The standard InChI is InChI=1S/C35H44N4O8/c1-22-32(41)33(42)34(43)35(47-22)46-19-18-45-17-16-44-15-14-39-37-21-27(38-39)20-36-29(40)7-3-4-23-8-9-26-11-10-24-5-2-6-25-12-13-28(23)31(26)30(24)25/h2,5-6,8-13,21-22,32-35,37-38,41-43H,3-4,7,14-20H2,1H3,(H,36,40)/t22-,32+,33+,34-,35+/m0/s1. The molecule has 12 heteroatoms. The molecule has 2 heterocycles. The molecule has 4 aromatic carbocycles. The van der Waals surface area contributed by atoms with E-state index in [0.717, 1.165) is 18.5 Å². The van der Waals surface area contributed by atoms with Crippen molar-refractivity contribution in [1.82, 2.24) is 21.3 Å². The molecule has 47 heavy (non-hydrogen) atoms. The highest BCUT2D eigenvalue weighted by atomic mass is 16.7. The van der Waals surface area contributed by atoms with E-state index in [-0.39, 0.29) is 19.1 Å². The van der Waals surface area contributed by atoms with Crippen LogP contribution >= 0.6 is 0 Å². The average Bonchev–Trinajstić information content (AvgIpc) is 3.54. The normalized spacial score (nSPS) is 23.3. The van der Waals surface area contributed by atoms with Gasteiger partial charge in [0.15, 0.2) is 6.29 Å². The quantitative estimate of drug-likeness (QED) is 0.0782. The van der Waals surface area contributed by atoms with Crippen LogP contribution in [0.4, 0.5) is 0 Å². The number of nitrogens with one attached hydrogen (secondary N) is 3. The number of aliphatic hydroxyl groups excluding tert-OH is 3. The van der Waals surface area contributed by atoms with Gasteiger partial charge in [0.05, 0.1) is 57.9 Å². The Bertz CT molecular complexity index is 1650. The number of hydrogen-bond donors (Lipinski definition) is 6. The summed E-state index contributed by atoms with van der Waals surface area (Å²) in [6, 6.07) is 19.6. The van der Waals surface area contributed by atoms with Gasteiger partial charge < -0.3 is 50.4 Å². The predicted octanol–water partition coefficient (Wildman–Crippen LogP) is 2.07. The van der Waals surface area contributed by atoms with Crippen LogP contribution in [-0.2, 0) is 30.2 Å². The van der Waals surface area contributed by atoms with Crippen molar-refractivity contribution in [3.8, 4) is 0 Å². The molecule has 2 aliphatic heterocycles. The number of benzene rings is 4. The summed E-state index contributed by atoms with van der Waals surface area (Å²) in [5.74, 6) is 0.0194. The lowest BCUT2D eigenvalue weighted by molar-refractivity contribution is -0.294. The first kappa shape index (κ1) is 33.3. The van der Waals surface area contributed by atoms with Gasteiger partial charge >= 0.3 is 0 Å². The summed E-state index contributed by atoms with van der Waals surface area (Å²) in [7, 11) is 0. The van der Waals surface area contributed by atoms with Gasteiger partial charge in [0, 0.05) is 12.6 Å². The van der Waals surface area contributed by atoms with Crippen molar-refractivity contribution in [3.05, 3.63) is 72.1 Å². The maximum atomic E-state index is 12.6. The summed E-state index contributed by atoms with van der Waals surface area (Å²) < 4.78 is 21.9. The van der Waals surface area contributed by atoms with Gasteiger partial charge in [0.2, 0.25) is 5.91 Å². The lowest BCUT2D eigenvalue weighted by Gasteiger charge is -2.38. The van der Waals surface area contributed by atoms with Crippen molar-refractivity contribution in [2.75, 3.05) is 46.1 Å².